The number of rotatable bonds is 4. The Hall–Kier alpha value is -2.51. The summed E-state index contributed by atoms with van der Waals surface area (Å²) in [6.45, 7) is 2.52. The molecule has 0 aliphatic carbocycles. The van der Waals surface area contributed by atoms with E-state index in [-0.39, 0.29) is 24.8 Å². The first-order chi connectivity index (χ1) is 11.1. The van der Waals surface area contributed by atoms with Crippen molar-refractivity contribution in [1.82, 2.24) is 9.88 Å². The van der Waals surface area contributed by atoms with E-state index >= 15 is 0 Å². The van der Waals surface area contributed by atoms with Crippen molar-refractivity contribution in [2.24, 2.45) is 5.73 Å². The number of ether oxygens (including phenoxy) is 2. The second-order valence-corrected chi connectivity index (χ2v) is 5.13. The fourth-order valence-corrected chi connectivity index (χ4v) is 2.42. The Kier molecular flexibility index (Phi) is 5.48. The van der Waals surface area contributed by atoms with Gasteiger partial charge in [-0.1, -0.05) is 0 Å². The minimum Gasteiger partial charge on any atom is -0.454 e. The lowest BCUT2D eigenvalue weighted by Gasteiger charge is -2.11. The van der Waals surface area contributed by atoms with Gasteiger partial charge in [0.1, 0.15) is 5.56 Å². The third-order valence-corrected chi connectivity index (χ3v) is 3.59. The van der Waals surface area contributed by atoms with E-state index < -0.39 is 11.5 Å². The maximum Gasteiger partial charge on any atom is 0.268 e. The van der Waals surface area contributed by atoms with E-state index in [0.29, 0.717) is 35.8 Å². The Balaban J connectivity index is 0.00000208. The summed E-state index contributed by atoms with van der Waals surface area (Å²) < 4.78 is 12.0. The molecule has 0 saturated heterocycles. The molecule has 128 valence electrons. The van der Waals surface area contributed by atoms with Gasteiger partial charge in [-0.15, -0.1) is 12.4 Å². The number of nitrogens with one attached hydrogen (secondary N) is 1. The van der Waals surface area contributed by atoms with Gasteiger partial charge >= 0.3 is 0 Å². The second-order valence-electron chi connectivity index (χ2n) is 5.13. The molecule has 1 aromatic carbocycles. The molecule has 0 atom stereocenters. The molecule has 0 saturated carbocycles. The van der Waals surface area contributed by atoms with Crippen molar-refractivity contribution in [3.8, 4) is 17.2 Å². The zero-order chi connectivity index (χ0) is 16.4. The smallest absolute Gasteiger partial charge is 0.268 e. The third kappa shape index (κ3) is 3.22. The van der Waals surface area contributed by atoms with Gasteiger partial charge in [0.2, 0.25) is 6.79 Å². The largest absolute Gasteiger partial charge is 0.454 e. The van der Waals surface area contributed by atoms with Gasteiger partial charge in [0.15, 0.2) is 11.5 Å². The molecule has 1 amide bonds. The van der Waals surface area contributed by atoms with E-state index in [9.17, 15) is 9.59 Å². The van der Waals surface area contributed by atoms with Gasteiger partial charge in [0.05, 0.1) is 5.69 Å². The summed E-state index contributed by atoms with van der Waals surface area (Å²) in [5.41, 5.74) is 6.32. The highest BCUT2D eigenvalue weighted by atomic mass is 35.5. The number of benzene rings is 1. The van der Waals surface area contributed by atoms with Crippen molar-refractivity contribution in [3.63, 3.8) is 0 Å². The molecule has 1 aliphatic heterocycles. The van der Waals surface area contributed by atoms with Crippen LogP contribution in [0, 0.1) is 6.92 Å². The minimum absolute atomic E-state index is 0. The number of nitrogens with two attached hydrogens (primary N) is 1. The molecule has 3 rings (SSSR count). The van der Waals surface area contributed by atoms with E-state index in [1.165, 1.54) is 4.57 Å². The van der Waals surface area contributed by atoms with Crippen LogP contribution in [0.1, 0.15) is 15.9 Å². The number of fused-ring (bicyclic) bond motifs is 1. The summed E-state index contributed by atoms with van der Waals surface area (Å²) in [5, 5.41) is 2.63. The van der Waals surface area contributed by atoms with Crippen molar-refractivity contribution in [3.05, 3.63) is 51.9 Å². The van der Waals surface area contributed by atoms with Gasteiger partial charge in [0, 0.05) is 25.4 Å². The van der Waals surface area contributed by atoms with Crippen LogP contribution in [0.25, 0.3) is 5.69 Å². The summed E-state index contributed by atoms with van der Waals surface area (Å²) in [6.07, 6.45) is 1.63. The number of pyridine rings is 1. The van der Waals surface area contributed by atoms with E-state index in [2.05, 4.69) is 5.32 Å². The second kappa shape index (κ2) is 7.37. The molecular formula is C16H18ClN3O4. The number of hydrogen-bond acceptors (Lipinski definition) is 5. The molecule has 3 N–H and O–H groups in total. The van der Waals surface area contributed by atoms with Crippen LogP contribution in [0.15, 0.2) is 35.3 Å². The van der Waals surface area contributed by atoms with E-state index in [1.807, 2.05) is 0 Å². The number of nitrogens with zero attached hydrogens (tertiary/aromatic N) is 1. The first-order valence-electron chi connectivity index (χ1n) is 7.22. The normalized spacial score (nSPS) is 11.8. The number of aromatic nitrogens is 1. The van der Waals surface area contributed by atoms with Crippen LogP contribution >= 0.6 is 12.4 Å². The molecule has 7 nitrogen and oxygen atoms in total. The van der Waals surface area contributed by atoms with Crippen LogP contribution in [0.4, 0.5) is 0 Å². The molecule has 0 bridgehead atoms. The van der Waals surface area contributed by atoms with E-state index in [4.69, 9.17) is 15.2 Å². The summed E-state index contributed by atoms with van der Waals surface area (Å²) in [4.78, 5) is 24.9. The Bertz CT molecular complexity index is 819. The number of hydrogen-bond donors (Lipinski definition) is 2. The van der Waals surface area contributed by atoms with Crippen LogP contribution in [0.5, 0.6) is 11.5 Å². The van der Waals surface area contributed by atoms with Gasteiger partial charge in [0.25, 0.3) is 11.5 Å². The predicted molar refractivity (Wildman–Crippen MR) is 91.5 cm³/mol. The fraction of sp³-hybridized carbons (Fsp3) is 0.250. The molecular weight excluding hydrogens is 334 g/mol. The maximum absolute atomic E-state index is 12.7. The molecule has 0 radical (unpaired) electrons. The molecule has 0 fully saturated rings. The van der Waals surface area contributed by atoms with Crippen LogP contribution in [0.3, 0.4) is 0 Å². The van der Waals surface area contributed by atoms with Crippen LogP contribution < -0.4 is 26.1 Å². The zero-order valence-corrected chi connectivity index (χ0v) is 13.9. The number of aryl methyl sites for hydroxylation is 1. The van der Waals surface area contributed by atoms with Gasteiger partial charge in [-0.05, 0) is 30.7 Å². The van der Waals surface area contributed by atoms with E-state index in [0.717, 1.165) is 0 Å². The number of amides is 1. The lowest BCUT2D eigenvalue weighted by atomic mass is 10.1. The Labute approximate surface area is 144 Å². The highest BCUT2D eigenvalue weighted by molar-refractivity contribution is 5.95. The SMILES string of the molecule is Cc1ccn(-c2ccc3c(c2)OCO3)c(=O)c1C(=O)NCCN.Cl. The standard InChI is InChI=1S/C16H17N3O4.ClH/c1-10-4-7-19(16(21)14(10)15(20)18-6-5-17)11-2-3-12-13(8-11)23-9-22-12;/h2-4,7-8H,5-6,9,17H2,1H3,(H,18,20);1H. The van der Waals surface area contributed by atoms with Gasteiger partial charge in [-0.25, -0.2) is 0 Å². The summed E-state index contributed by atoms with van der Waals surface area (Å²) in [6, 6.07) is 6.91. The highest BCUT2D eigenvalue weighted by Crippen LogP contribution is 2.33. The lowest BCUT2D eigenvalue weighted by molar-refractivity contribution is 0.0952. The van der Waals surface area contributed by atoms with Gasteiger partial charge in [-0.3, -0.25) is 14.2 Å². The molecule has 1 aromatic heterocycles. The molecule has 1 aliphatic rings. The van der Waals surface area contributed by atoms with Crippen molar-refractivity contribution in [1.29, 1.82) is 0 Å². The summed E-state index contributed by atoms with van der Waals surface area (Å²) >= 11 is 0. The number of carbonyl (C=O) groups excluding carboxylic acids is 1. The number of halogens is 1. The Morgan fingerprint density at radius 3 is 2.79 bits per heavy atom. The Morgan fingerprint density at radius 1 is 1.29 bits per heavy atom. The average Bonchev–Trinajstić information content (AvgIpc) is 3.00. The first-order valence-corrected chi connectivity index (χ1v) is 7.22. The van der Waals surface area contributed by atoms with Crippen LogP contribution in [-0.4, -0.2) is 30.4 Å². The minimum atomic E-state index is -0.423. The van der Waals surface area contributed by atoms with Crippen molar-refractivity contribution >= 4 is 18.3 Å². The quantitative estimate of drug-likeness (QED) is 0.856. The molecule has 0 spiro atoms. The predicted octanol–water partition coefficient (Wildman–Crippen LogP) is 0.985. The van der Waals surface area contributed by atoms with E-state index in [1.54, 1.807) is 37.4 Å². The van der Waals surface area contributed by atoms with Crippen molar-refractivity contribution < 1.29 is 14.3 Å². The highest BCUT2D eigenvalue weighted by Gasteiger charge is 2.18. The summed E-state index contributed by atoms with van der Waals surface area (Å²) in [7, 11) is 0. The van der Waals surface area contributed by atoms with Crippen molar-refractivity contribution in [2.45, 2.75) is 6.92 Å². The maximum atomic E-state index is 12.7. The first kappa shape index (κ1) is 17.8. The summed E-state index contributed by atoms with van der Waals surface area (Å²) in [5.74, 6) is 0.784. The molecule has 24 heavy (non-hydrogen) atoms. The van der Waals surface area contributed by atoms with Gasteiger partial charge in [-0.2, -0.15) is 0 Å². The average molecular weight is 352 g/mol. The molecule has 0 unspecified atom stereocenters. The fourth-order valence-electron chi connectivity index (χ4n) is 2.42. The lowest BCUT2D eigenvalue weighted by Crippen LogP contribution is -2.35. The van der Waals surface area contributed by atoms with Crippen LogP contribution in [0.2, 0.25) is 0 Å². The van der Waals surface area contributed by atoms with Crippen molar-refractivity contribution in [2.75, 3.05) is 19.9 Å². The molecule has 2 heterocycles. The molecule has 8 heteroatoms. The topological polar surface area (TPSA) is 95.6 Å². The zero-order valence-electron chi connectivity index (χ0n) is 13.1. The molecule has 2 aromatic rings. The monoisotopic (exact) mass is 351 g/mol. The van der Waals surface area contributed by atoms with Gasteiger partial charge < -0.3 is 20.5 Å². The Morgan fingerprint density at radius 2 is 2.04 bits per heavy atom. The van der Waals surface area contributed by atoms with Crippen LogP contribution in [-0.2, 0) is 0 Å². The third-order valence-electron chi connectivity index (χ3n) is 3.59. The number of carbonyl (C=O) groups is 1.